The van der Waals surface area contributed by atoms with Crippen molar-refractivity contribution in [3.05, 3.63) is 72.3 Å². The molecule has 0 aliphatic carbocycles. The zero-order valence-corrected chi connectivity index (χ0v) is 13.3. The highest BCUT2D eigenvalue weighted by Gasteiger charge is 2.04. The third-order valence-corrected chi connectivity index (χ3v) is 3.71. The van der Waals surface area contributed by atoms with E-state index in [0.29, 0.717) is 0 Å². The molecule has 1 aromatic heterocycles. The molecule has 2 aromatic carbocycles. The van der Waals surface area contributed by atoms with Gasteiger partial charge in [0.15, 0.2) is 0 Å². The Balaban J connectivity index is 0.000000199. The van der Waals surface area contributed by atoms with Crippen molar-refractivity contribution in [3.63, 3.8) is 0 Å². The van der Waals surface area contributed by atoms with E-state index in [4.69, 9.17) is 0 Å². The van der Waals surface area contributed by atoms with Crippen LogP contribution in [0.4, 0.5) is 0 Å². The van der Waals surface area contributed by atoms with E-state index in [9.17, 15) is 0 Å². The molecule has 0 saturated carbocycles. The van der Waals surface area contributed by atoms with E-state index in [1.807, 2.05) is 19.9 Å². The van der Waals surface area contributed by atoms with Crippen LogP contribution in [0.2, 0.25) is 0 Å². The average Bonchev–Trinajstić information content (AvgIpc) is 2.82. The molecule has 21 heavy (non-hydrogen) atoms. The smallest absolute Gasteiger partial charge is 0.0488 e. The highest BCUT2D eigenvalue weighted by molar-refractivity contribution is 6.07. The van der Waals surface area contributed by atoms with Crippen LogP contribution in [-0.2, 0) is 7.05 Å². The van der Waals surface area contributed by atoms with E-state index in [0.717, 1.165) is 0 Å². The maximum absolute atomic E-state index is 2.24. The molecule has 0 aliphatic rings. The Kier molecular flexibility index (Phi) is 4.99. The molecule has 3 rings (SSSR count). The third kappa shape index (κ3) is 3.25. The summed E-state index contributed by atoms with van der Waals surface area (Å²) >= 11 is 0. The molecule has 1 nitrogen and oxygen atoms in total. The topological polar surface area (TPSA) is 4.93 Å². The van der Waals surface area contributed by atoms with Crippen LogP contribution in [0.15, 0.2) is 72.3 Å². The minimum atomic E-state index is 1.30. The number of allylic oxidation sites excluding steroid dienone is 4. The number of rotatable bonds is 1. The Labute approximate surface area is 127 Å². The van der Waals surface area contributed by atoms with Crippen LogP contribution in [0.3, 0.4) is 0 Å². The molecular formula is C20H23N. The lowest BCUT2D eigenvalue weighted by molar-refractivity contribution is 1.01. The summed E-state index contributed by atoms with van der Waals surface area (Å²) in [5, 5.41) is 2.68. The monoisotopic (exact) mass is 277 g/mol. The molecule has 0 N–H and O–H groups in total. The number of hydrogen-bond donors (Lipinski definition) is 0. The molecule has 1 heterocycles. The number of benzene rings is 2. The van der Waals surface area contributed by atoms with Crippen LogP contribution in [0.1, 0.15) is 20.8 Å². The Hall–Kier alpha value is -2.28. The summed E-state index contributed by atoms with van der Waals surface area (Å²) in [6.45, 7) is 6.14. The minimum absolute atomic E-state index is 1.30. The van der Waals surface area contributed by atoms with E-state index < -0.39 is 0 Å². The molecule has 3 aromatic rings. The summed E-state index contributed by atoms with van der Waals surface area (Å²) in [4.78, 5) is 0. The van der Waals surface area contributed by atoms with Gasteiger partial charge in [0.2, 0.25) is 0 Å². The van der Waals surface area contributed by atoms with Crippen molar-refractivity contribution in [1.82, 2.24) is 4.57 Å². The predicted octanol–water partition coefficient (Wildman–Crippen LogP) is 5.86. The fraction of sp³-hybridized carbons (Fsp3) is 0.200. The molecule has 0 atom stereocenters. The number of hydrogen-bond acceptors (Lipinski definition) is 0. The first-order valence-corrected chi connectivity index (χ1v) is 7.36. The van der Waals surface area contributed by atoms with Crippen LogP contribution in [0.25, 0.3) is 21.8 Å². The van der Waals surface area contributed by atoms with Crippen molar-refractivity contribution in [1.29, 1.82) is 0 Å². The Morgan fingerprint density at radius 3 is 1.71 bits per heavy atom. The Morgan fingerprint density at radius 2 is 1.33 bits per heavy atom. The van der Waals surface area contributed by atoms with Crippen molar-refractivity contribution >= 4 is 21.8 Å². The van der Waals surface area contributed by atoms with Crippen LogP contribution < -0.4 is 0 Å². The van der Waals surface area contributed by atoms with Gasteiger partial charge in [-0.05, 0) is 32.9 Å². The molecule has 0 radical (unpaired) electrons. The second-order valence-corrected chi connectivity index (χ2v) is 5.13. The lowest BCUT2D eigenvalue weighted by Crippen LogP contribution is -1.84. The zero-order valence-electron chi connectivity index (χ0n) is 13.3. The fourth-order valence-electron chi connectivity index (χ4n) is 2.48. The molecule has 1 heteroatoms. The molecule has 0 spiro atoms. The fourth-order valence-corrected chi connectivity index (χ4v) is 2.48. The zero-order chi connectivity index (χ0) is 15.2. The largest absolute Gasteiger partial charge is 0.344 e. The molecule has 0 amide bonds. The van der Waals surface area contributed by atoms with Gasteiger partial charge in [-0.25, -0.2) is 0 Å². The second-order valence-electron chi connectivity index (χ2n) is 5.13. The summed E-state index contributed by atoms with van der Waals surface area (Å²) in [6, 6.07) is 17.0. The maximum Gasteiger partial charge on any atom is 0.0488 e. The van der Waals surface area contributed by atoms with Crippen molar-refractivity contribution in [2.24, 2.45) is 7.05 Å². The molecule has 108 valence electrons. The molecule has 0 unspecified atom stereocenters. The van der Waals surface area contributed by atoms with Gasteiger partial charge >= 0.3 is 0 Å². The van der Waals surface area contributed by atoms with Crippen LogP contribution in [0.5, 0.6) is 0 Å². The Morgan fingerprint density at radius 1 is 0.857 bits per heavy atom. The Bertz CT molecular complexity index is 735. The van der Waals surface area contributed by atoms with Gasteiger partial charge in [-0.15, -0.1) is 0 Å². The first-order valence-electron chi connectivity index (χ1n) is 7.36. The highest BCUT2D eigenvalue weighted by atomic mass is 14.9. The summed E-state index contributed by atoms with van der Waals surface area (Å²) < 4.78 is 2.24. The predicted molar refractivity (Wildman–Crippen MR) is 94.7 cm³/mol. The van der Waals surface area contributed by atoms with Crippen molar-refractivity contribution in [3.8, 4) is 0 Å². The van der Waals surface area contributed by atoms with Gasteiger partial charge in [0.05, 0.1) is 0 Å². The summed E-state index contributed by atoms with van der Waals surface area (Å²) in [7, 11) is 2.12. The summed E-state index contributed by atoms with van der Waals surface area (Å²) in [6.07, 6.45) is 6.20. The quantitative estimate of drug-likeness (QED) is 0.491. The van der Waals surface area contributed by atoms with Gasteiger partial charge in [0, 0.05) is 28.9 Å². The molecular weight excluding hydrogens is 254 g/mol. The number of nitrogens with zero attached hydrogens (tertiary/aromatic N) is 1. The van der Waals surface area contributed by atoms with Crippen LogP contribution in [0, 0.1) is 0 Å². The molecule has 0 bridgehead atoms. The molecule has 0 saturated heterocycles. The third-order valence-electron chi connectivity index (χ3n) is 3.71. The maximum atomic E-state index is 2.24. The number of fused-ring (bicyclic) bond motifs is 3. The summed E-state index contributed by atoms with van der Waals surface area (Å²) in [5.41, 5.74) is 3.92. The highest BCUT2D eigenvalue weighted by Crippen LogP contribution is 2.26. The average molecular weight is 277 g/mol. The first-order chi connectivity index (χ1) is 10.2. The normalized spacial score (nSPS) is 11.9. The molecule has 0 aliphatic heterocycles. The van der Waals surface area contributed by atoms with Gasteiger partial charge in [0.25, 0.3) is 0 Å². The van der Waals surface area contributed by atoms with E-state index in [2.05, 4.69) is 79.2 Å². The van der Waals surface area contributed by atoms with Gasteiger partial charge in [-0.1, -0.05) is 60.2 Å². The van der Waals surface area contributed by atoms with Gasteiger partial charge in [-0.2, -0.15) is 0 Å². The SMILES string of the molecule is C/C=C\C(C)=C/C.Cn1c2ccccc2c2ccccc21. The van der Waals surface area contributed by atoms with Gasteiger partial charge < -0.3 is 4.57 Å². The van der Waals surface area contributed by atoms with Crippen molar-refractivity contribution < 1.29 is 0 Å². The van der Waals surface area contributed by atoms with Gasteiger partial charge in [0.1, 0.15) is 0 Å². The van der Waals surface area contributed by atoms with Crippen molar-refractivity contribution in [2.45, 2.75) is 20.8 Å². The first kappa shape index (κ1) is 15.1. The molecule has 0 fully saturated rings. The summed E-state index contributed by atoms with van der Waals surface area (Å²) in [5.74, 6) is 0. The number of aryl methyl sites for hydroxylation is 1. The number of para-hydroxylation sites is 2. The van der Waals surface area contributed by atoms with Crippen molar-refractivity contribution in [2.75, 3.05) is 0 Å². The standard InChI is InChI=1S/C13H11N.C7H12/c1-14-12-8-4-2-6-10(12)11-7-3-5-9-13(11)14;1-4-6-7(3)5-2/h2-9H,1H3;4-6H,1-3H3/b;6-4-,7-5-. The minimum Gasteiger partial charge on any atom is -0.344 e. The van der Waals surface area contributed by atoms with Gasteiger partial charge in [-0.3, -0.25) is 0 Å². The lowest BCUT2D eigenvalue weighted by atomic mass is 10.2. The number of aromatic nitrogens is 1. The van der Waals surface area contributed by atoms with Crippen LogP contribution >= 0.6 is 0 Å². The second kappa shape index (κ2) is 6.94. The van der Waals surface area contributed by atoms with Crippen LogP contribution in [-0.4, -0.2) is 4.57 Å². The van der Waals surface area contributed by atoms with E-state index >= 15 is 0 Å². The van der Waals surface area contributed by atoms with E-state index in [-0.39, 0.29) is 0 Å². The lowest BCUT2D eigenvalue weighted by Gasteiger charge is -1.95. The van der Waals surface area contributed by atoms with E-state index in [1.54, 1.807) is 0 Å². The van der Waals surface area contributed by atoms with E-state index in [1.165, 1.54) is 27.4 Å².